The van der Waals surface area contributed by atoms with Crippen molar-refractivity contribution in [2.24, 2.45) is 5.92 Å². The first-order valence-electron chi connectivity index (χ1n) is 9.97. The van der Waals surface area contributed by atoms with Crippen LogP contribution < -0.4 is 10.1 Å². The third-order valence-corrected chi connectivity index (χ3v) is 4.92. The molecule has 11 heteroatoms. The number of aromatic nitrogens is 3. The number of aryl methyl sites for hydroxylation is 1. The van der Waals surface area contributed by atoms with Gasteiger partial charge in [0.2, 0.25) is 5.88 Å². The van der Waals surface area contributed by atoms with Crippen molar-refractivity contribution in [3.05, 3.63) is 47.2 Å². The molecule has 1 saturated carbocycles. The van der Waals surface area contributed by atoms with Crippen molar-refractivity contribution in [2.45, 2.75) is 51.5 Å². The molecule has 1 amide bonds. The maximum absolute atomic E-state index is 13.0. The number of rotatable bonds is 10. The predicted octanol–water partition coefficient (Wildman–Crippen LogP) is 3.47. The number of hydrogen-bond acceptors (Lipinski definition) is 6. The summed E-state index contributed by atoms with van der Waals surface area (Å²) in [5, 5.41) is 2.73. The van der Waals surface area contributed by atoms with Crippen LogP contribution in [0.1, 0.15) is 53.2 Å². The topological polar surface area (TPSA) is 94.1 Å². The second kappa shape index (κ2) is 9.58. The number of ether oxygens (including phenoxy) is 1. The Morgan fingerprint density at radius 1 is 1.28 bits per heavy atom. The minimum Gasteiger partial charge on any atom is -0.471 e. The largest absolute Gasteiger partial charge is 0.471 e. The fraction of sp³-hybridized carbons (Fsp3) is 0.476. The molecule has 0 bridgehead atoms. The van der Waals surface area contributed by atoms with Crippen molar-refractivity contribution in [3.63, 3.8) is 0 Å². The fourth-order valence-corrected chi connectivity index (χ4v) is 2.87. The Hall–Kier alpha value is -3.11. The second-order valence-electron chi connectivity index (χ2n) is 7.71. The number of nitrogens with one attached hydrogen (secondary N) is 1. The highest BCUT2D eigenvalue weighted by Crippen LogP contribution is 2.30. The van der Waals surface area contributed by atoms with E-state index < -0.39 is 30.9 Å². The van der Waals surface area contributed by atoms with Gasteiger partial charge < -0.3 is 10.1 Å². The van der Waals surface area contributed by atoms with Crippen LogP contribution in [0.3, 0.4) is 0 Å². The Labute approximate surface area is 181 Å². The van der Waals surface area contributed by atoms with Crippen LogP contribution in [-0.2, 0) is 11.2 Å². The highest BCUT2D eigenvalue weighted by Gasteiger charge is 2.42. The van der Waals surface area contributed by atoms with Gasteiger partial charge in [-0.1, -0.05) is 0 Å². The van der Waals surface area contributed by atoms with Crippen LogP contribution in [0.15, 0.2) is 24.5 Å². The number of Topliss-reactive ketones (excluding diaryl/α,β-unsaturated/α-hetero) is 1. The Kier molecular flexibility index (Phi) is 7.05. The van der Waals surface area contributed by atoms with E-state index in [4.69, 9.17) is 4.74 Å². The van der Waals surface area contributed by atoms with Gasteiger partial charge in [0.15, 0.2) is 6.61 Å². The molecule has 0 radical (unpaired) electrons. The summed E-state index contributed by atoms with van der Waals surface area (Å²) in [5.41, 5.74) is 0.989. The molecule has 0 saturated heterocycles. The molecule has 2 aromatic rings. The number of pyridine rings is 1. The maximum Gasteiger partial charge on any atom is 0.340 e. The first kappa shape index (κ1) is 23.6. The van der Waals surface area contributed by atoms with Crippen LogP contribution in [0.25, 0.3) is 0 Å². The van der Waals surface area contributed by atoms with E-state index in [1.54, 1.807) is 13.0 Å². The lowest BCUT2D eigenvalue weighted by Crippen LogP contribution is -2.34. The van der Waals surface area contributed by atoms with Gasteiger partial charge >= 0.3 is 12.3 Å². The molecule has 1 fully saturated rings. The molecule has 32 heavy (non-hydrogen) atoms. The summed E-state index contributed by atoms with van der Waals surface area (Å²) in [7, 11) is 0. The summed E-state index contributed by atoms with van der Waals surface area (Å²) in [4.78, 5) is 36.6. The molecule has 0 aliphatic heterocycles. The molecule has 3 rings (SSSR count). The Morgan fingerprint density at radius 3 is 2.62 bits per heavy atom. The number of ketones is 1. The number of halogens is 4. The van der Waals surface area contributed by atoms with Crippen LogP contribution in [0.4, 0.5) is 17.6 Å². The molecule has 0 aromatic carbocycles. The molecule has 2 heterocycles. The number of amides is 1. The van der Waals surface area contributed by atoms with Gasteiger partial charge in [0.1, 0.15) is 17.3 Å². The van der Waals surface area contributed by atoms with Gasteiger partial charge in [-0.25, -0.2) is 23.7 Å². The number of carbonyl (C=O) groups excluding carboxylic acids is 2. The van der Waals surface area contributed by atoms with E-state index in [0.717, 1.165) is 12.8 Å². The van der Waals surface area contributed by atoms with E-state index >= 15 is 0 Å². The summed E-state index contributed by atoms with van der Waals surface area (Å²) >= 11 is 0. The van der Waals surface area contributed by atoms with E-state index in [-0.39, 0.29) is 35.5 Å². The van der Waals surface area contributed by atoms with Gasteiger partial charge in [-0.2, -0.15) is 8.78 Å². The maximum atomic E-state index is 13.0. The zero-order chi connectivity index (χ0) is 23.5. The lowest BCUT2D eigenvalue weighted by Gasteiger charge is -2.18. The van der Waals surface area contributed by atoms with Gasteiger partial charge in [-0.05, 0) is 44.4 Å². The van der Waals surface area contributed by atoms with Crippen molar-refractivity contribution in [2.75, 3.05) is 6.61 Å². The minimum absolute atomic E-state index is 0.0612. The summed E-state index contributed by atoms with van der Waals surface area (Å²) < 4.78 is 55.3. The molecular weight excluding hydrogens is 432 g/mol. The smallest absolute Gasteiger partial charge is 0.340 e. The first-order valence-corrected chi connectivity index (χ1v) is 9.97. The van der Waals surface area contributed by atoms with E-state index in [9.17, 15) is 27.2 Å². The third-order valence-electron chi connectivity index (χ3n) is 4.92. The molecule has 1 aliphatic carbocycles. The first-order chi connectivity index (χ1) is 15.1. The van der Waals surface area contributed by atoms with E-state index in [0.29, 0.717) is 11.1 Å². The van der Waals surface area contributed by atoms with E-state index in [1.807, 2.05) is 0 Å². The van der Waals surface area contributed by atoms with Gasteiger partial charge in [0.05, 0.1) is 12.5 Å². The van der Waals surface area contributed by atoms with Crippen molar-refractivity contribution in [1.82, 2.24) is 20.3 Å². The highest BCUT2D eigenvalue weighted by molar-refractivity contribution is 5.92. The fourth-order valence-electron chi connectivity index (χ4n) is 2.87. The predicted molar refractivity (Wildman–Crippen MR) is 105 cm³/mol. The van der Waals surface area contributed by atoms with Gasteiger partial charge in [-0.3, -0.25) is 9.59 Å². The van der Waals surface area contributed by atoms with Crippen molar-refractivity contribution >= 4 is 11.7 Å². The molecule has 172 valence electrons. The van der Waals surface area contributed by atoms with Crippen LogP contribution in [0.2, 0.25) is 0 Å². The van der Waals surface area contributed by atoms with Crippen LogP contribution in [0, 0.1) is 12.8 Å². The van der Waals surface area contributed by atoms with Gasteiger partial charge in [0, 0.05) is 23.9 Å². The van der Waals surface area contributed by atoms with Gasteiger partial charge in [0.25, 0.3) is 5.91 Å². The average molecular weight is 454 g/mol. The Balaban J connectivity index is 1.61. The summed E-state index contributed by atoms with van der Waals surface area (Å²) in [6.45, 7) is 1.70. The summed E-state index contributed by atoms with van der Waals surface area (Å²) in [5.74, 6) is -4.57. The monoisotopic (exact) mass is 454 g/mol. The summed E-state index contributed by atoms with van der Waals surface area (Å²) in [6.07, 6.45) is 0.704. The van der Waals surface area contributed by atoms with Crippen molar-refractivity contribution in [1.29, 1.82) is 0 Å². The quantitative estimate of drug-likeness (QED) is 0.553. The lowest BCUT2D eigenvalue weighted by atomic mass is 10.1. The molecule has 1 aliphatic rings. The summed E-state index contributed by atoms with van der Waals surface area (Å²) in [6, 6.07) is 2.45. The van der Waals surface area contributed by atoms with Crippen molar-refractivity contribution in [3.8, 4) is 5.88 Å². The zero-order valence-electron chi connectivity index (χ0n) is 17.4. The lowest BCUT2D eigenvalue weighted by molar-refractivity contribution is -0.148. The van der Waals surface area contributed by atoms with Crippen LogP contribution >= 0.6 is 0 Å². The second-order valence-corrected chi connectivity index (χ2v) is 7.71. The normalized spacial score (nSPS) is 14.8. The Morgan fingerprint density at radius 2 is 2.00 bits per heavy atom. The molecule has 2 aromatic heterocycles. The Bertz CT molecular complexity index is 999. The van der Waals surface area contributed by atoms with Crippen molar-refractivity contribution < 1.29 is 31.9 Å². The number of alkyl halides is 4. The molecular formula is C21H22F4N4O3. The average Bonchev–Trinajstić information content (AvgIpc) is 3.58. The third kappa shape index (κ3) is 5.98. The van der Waals surface area contributed by atoms with Gasteiger partial charge in [-0.15, -0.1) is 0 Å². The molecule has 1 N–H and O–H groups in total. The zero-order valence-corrected chi connectivity index (χ0v) is 17.4. The number of hydrogen-bond donors (Lipinski definition) is 1. The molecule has 0 spiro atoms. The standard InChI is InChI=1S/C21H22F4N4O3/c1-11-7-14(9-27-19(11)32-10-21(24,25)20(22)23)12(2)28-18(31)15-5-6-26-17(29-15)8-16(30)13-3-4-13/h5-7,9,12-13,20H,3-4,8,10H2,1-2H3,(H,28,31). The molecule has 1 unspecified atom stereocenters. The number of nitrogens with zero attached hydrogens (tertiary/aromatic N) is 3. The van der Waals surface area contributed by atoms with Crippen LogP contribution in [-0.4, -0.2) is 45.6 Å². The highest BCUT2D eigenvalue weighted by atomic mass is 19.3. The number of carbonyl (C=O) groups is 2. The molecule has 1 atom stereocenters. The van der Waals surface area contributed by atoms with E-state index in [2.05, 4.69) is 20.3 Å². The van der Waals surface area contributed by atoms with Crippen LogP contribution in [0.5, 0.6) is 5.88 Å². The molecule has 7 nitrogen and oxygen atoms in total. The van der Waals surface area contributed by atoms with E-state index in [1.165, 1.54) is 25.4 Å². The minimum atomic E-state index is -4.28. The SMILES string of the molecule is Cc1cc(C(C)NC(=O)c2ccnc(CC(=O)C3CC3)n2)cnc1OCC(F)(F)C(F)F.